The van der Waals surface area contributed by atoms with Gasteiger partial charge in [-0.3, -0.25) is 18.6 Å². The van der Waals surface area contributed by atoms with Crippen LogP contribution in [0.1, 0.15) is 239 Å². The van der Waals surface area contributed by atoms with E-state index in [-0.39, 0.29) is 32.0 Å². The minimum atomic E-state index is -4.39. The van der Waals surface area contributed by atoms with Gasteiger partial charge >= 0.3 is 19.8 Å². The summed E-state index contributed by atoms with van der Waals surface area (Å²) in [5.74, 6) is -0.807. The fourth-order valence-corrected chi connectivity index (χ4v) is 8.46. The number of allylic oxidation sites excluding steroid dienone is 14. The quantitative estimate of drug-likeness (QED) is 0.0211. The number of phosphoric ester groups is 1. The second-order valence-corrected chi connectivity index (χ2v) is 21.7. The molecule has 0 saturated heterocycles. The summed E-state index contributed by atoms with van der Waals surface area (Å²) in [6.45, 7) is 4.30. The van der Waals surface area contributed by atoms with Crippen LogP contribution in [0.25, 0.3) is 0 Å². The first kappa shape index (κ1) is 68.2. The van der Waals surface area contributed by atoms with Crippen molar-refractivity contribution in [3.63, 3.8) is 0 Å². The van der Waals surface area contributed by atoms with Crippen molar-refractivity contribution < 1.29 is 42.1 Å². The molecule has 0 aromatic heterocycles. The molecule has 0 bridgehead atoms. The molecule has 0 fully saturated rings. The fourth-order valence-electron chi connectivity index (χ4n) is 7.72. The molecule has 0 amide bonds. The molecule has 0 rings (SSSR count). The van der Waals surface area contributed by atoms with Crippen LogP contribution in [0.4, 0.5) is 0 Å². The second kappa shape index (κ2) is 52.1. The van der Waals surface area contributed by atoms with Crippen molar-refractivity contribution in [3.8, 4) is 0 Å². The number of ether oxygens (including phenoxy) is 2. The van der Waals surface area contributed by atoms with Crippen LogP contribution < -0.4 is 0 Å². The Bertz CT molecular complexity index is 1470. The Labute approximate surface area is 437 Å². The fraction of sp³-hybridized carbons (Fsp3) is 0.738. The summed E-state index contributed by atoms with van der Waals surface area (Å²) in [6, 6.07) is 0. The molecule has 2 unspecified atom stereocenters. The van der Waals surface area contributed by atoms with Crippen LogP contribution in [-0.2, 0) is 32.7 Å². The van der Waals surface area contributed by atoms with Crippen molar-refractivity contribution in [2.75, 3.05) is 47.5 Å². The summed E-state index contributed by atoms with van der Waals surface area (Å²) >= 11 is 0. The number of phosphoric acid groups is 1. The molecule has 0 heterocycles. The van der Waals surface area contributed by atoms with Crippen molar-refractivity contribution in [1.29, 1.82) is 0 Å². The van der Waals surface area contributed by atoms with E-state index in [4.69, 9.17) is 18.5 Å². The number of unbranched alkanes of at least 4 members (excludes halogenated alkanes) is 24. The van der Waals surface area contributed by atoms with Gasteiger partial charge in [-0.25, -0.2) is 4.57 Å². The molecule has 410 valence electrons. The third kappa shape index (κ3) is 56.3. The van der Waals surface area contributed by atoms with Gasteiger partial charge in [0.2, 0.25) is 0 Å². The molecule has 2 atom stereocenters. The lowest BCUT2D eigenvalue weighted by atomic mass is 10.0. The number of hydrogen-bond donors (Lipinski definition) is 1. The Morgan fingerprint density at radius 2 is 0.803 bits per heavy atom. The smallest absolute Gasteiger partial charge is 0.462 e. The van der Waals surface area contributed by atoms with Gasteiger partial charge in [0, 0.05) is 12.8 Å². The first-order chi connectivity index (χ1) is 34.5. The van der Waals surface area contributed by atoms with Crippen molar-refractivity contribution in [2.24, 2.45) is 0 Å². The Morgan fingerprint density at radius 3 is 1.21 bits per heavy atom. The molecular formula is C61H109NO8P+. The lowest BCUT2D eigenvalue weighted by Gasteiger charge is -2.24. The maximum absolute atomic E-state index is 12.8. The maximum Gasteiger partial charge on any atom is 0.472 e. The van der Waals surface area contributed by atoms with E-state index in [1.165, 1.54) is 109 Å². The highest BCUT2D eigenvalue weighted by molar-refractivity contribution is 7.47. The molecule has 10 heteroatoms. The monoisotopic (exact) mass is 1010 g/mol. The summed E-state index contributed by atoms with van der Waals surface area (Å²) in [4.78, 5) is 35.6. The topological polar surface area (TPSA) is 108 Å². The third-order valence-corrected chi connectivity index (χ3v) is 13.1. The highest BCUT2D eigenvalue weighted by Crippen LogP contribution is 2.43. The largest absolute Gasteiger partial charge is 0.472 e. The summed E-state index contributed by atoms with van der Waals surface area (Å²) in [6.07, 6.45) is 69.4. The summed E-state index contributed by atoms with van der Waals surface area (Å²) in [5.41, 5.74) is 0. The van der Waals surface area contributed by atoms with Gasteiger partial charge in [-0.05, 0) is 89.9 Å². The van der Waals surface area contributed by atoms with E-state index in [1.54, 1.807) is 0 Å². The molecule has 1 N–H and O–H groups in total. The Hall–Kier alpha value is -2.81. The van der Waals surface area contributed by atoms with Crippen LogP contribution in [0.3, 0.4) is 0 Å². The lowest BCUT2D eigenvalue weighted by Crippen LogP contribution is -2.37. The van der Waals surface area contributed by atoms with Gasteiger partial charge in [-0.1, -0.05) is 221 Å². The number of carbonyl (C=O) groups excluding carboxylic acids is 2. The van der Waals surface area contributed by atoms with Crippen molar-refractivity contribution in [2.45, 2.75) is 245 Å². The first-order valence-electron chi connectivity index (χ1n) is 28.8. The standard InChI is InChI=1S/C61H108NO8P/c1-6-8-10-12-14-16-18-20-22-23-24-25-26-27-28-29-30-31-32-33-34-35-36-37-38-39-40-42-44-46-48-50-52-54-61(64)70-59(58-69-71(65,66)68-56-55-62(3,4)5)57-67-60(63)53-51-49-47-45-43-41-21-19-17-15-13-11-9-7-2/h8,10,14,16,19-22,24-25,27-28,30-31,59H,6-7,9,11-13,15,17-18,23,26,29,32-58H2,1-5H3/p+1/b10-8-,16-14-,21-19-,22-20-,25-24-,28-27-,31-30-. The predicted molar refractivity (Wildman–Crippen MR) is 302 cm³/mol. The summed E-state index contributed by atoms with van der Waals surface area (Å²) < 4.78 is 34.5. The van der Waals surface area contributed by atoms with E-state index < -0.39 is 26.5 Å². The predicted octanol–water partition coefficient (Wildman–Crippen LogP) is 17.9. The molecule has 0 radical (unpaired) electrons. The molecular weight excluding hydrogens is 906 g/mol. The zero-order valence-corrected chi connectivity index (χ0v) is 47.3. The normalized spacial score (nSPS) is 13.9. The van der Waals surface area contributed by atoms with E-state index in [2.05, 4.69) is 98.9 Å². The molecule has 0 aliphatic heterocycles. The van der Waals surface area contributed by atoms with Crippen molar-refractivity contribution in [1.82, 2.24) is 0 Å². The minimum absolute atomic E-state index is 0.0281. The number of rotatable bonds is 52. The molecule has 71 heavy (non-hydrogen) atoms. The lowest BCUT2D eigenvalue weighted by molar-refractivity contribution is -0.870. The molecule has 0 aromatic carbocycles. The van der Waals surface area contributed by atoms with Crippen LogP contribution in [0.2, 0.25) is 0 Å². The number of hydrogen-bond acceptors (Lipinski definition) is 7. The first-order valence-corrected chi connectivity index (χ1v) is 30.3. The van der Waals surface area contributed by atoms with E-state index >= 15 is 0 Å². The molecule has 0 aromatic rings. The SMILES string of the molecule is CC/C=C\C/C=C\C/C=C\C/C=C\C/C=C\C/C=C\CCCCCCCCCCCCCCCCC(=O)OC(COC(=O)CCCCCCC/C=C\CCCCCCC)COP(=O)(O)OCC[N+](C)(C)C. The van der Waals surface area contributed by atoms with Gasteiger partial charge in [0.1, 0.15) is 19.8 Å². The number of esters is 2. The molecule has 0 saturated carbocycles. The van der Waals surface area contributed by atoms with Gasteiger partial charge < -0.3 is 18.9 Å². The average Bonchev–Trinajstić information content (AvgIpc) is 3.33. The van der Waals surface area contributed by atoms with Crippen LogP contribution in [0.5, 0.6) is 0 Å². The summed E-state index contributed by atoms with van der Waals surface area (Å²) in [5, 5.41) is 0. The van der Waals surface area contributed by atoms with Gasteiger partial charge in [-0.15, -0.1) is 0 Å². The van der Waals surface area contributed by atoms with Gasteiger partial charge in [0.15, 0.2) is 6.10 Å². The Kier molecular flexibility index (Phi) is 50.0. The minimum Gasteiger partial charge on any atom is -0.462 e. The van der Waals surface area contributed by atoms with Crippen molar-refractivity contribution >= 4 is 19.8 Å². The van der Waals surface area contributed by atoms with Gasteiger partial charge in [0.05, 0.1) is 27.7 Å². The summed E-state index contributed by atoms with van der Waals surface area (Å²) in [7, 11) is 1.47. The average molecular weight is 1020 g/mol. The van der Waals surface area contributed by atoms with Crippen LogP contribution in [0.15, 0.2) is 85.1 Å². The number of carbonyl (C=O) groups is 2. The molecule has 0 aliphatic carbocycles. The number of quaternary nitrogens is 1. The maximum atomic E-state index is 12.8. The van der Waals surface area contributed by atoms with E-state index in [9.17, 15) is 19.0 Å². The Balaban J connectivity index is 4.09. The Morgan fingerprint density at radius 1 is 0.451 bits per heavy atom. The van der Waals surface area contributed by atoms with E-state index in [0.717, 1.165) is 96.3 Å². The van der Waals surface area contributed by atoms with Gasteiger partial charge in [0.25, 0.3) is 0 Å². The van der Waals surface area contributed by atoms with E-state index in [1.807, 2.05) is 21.1 Å². The van der Waals surface area contributed by atoms with Gasteiger partial charge in [-0.2, -0.15) is 0 Å². The van der Waals surface area contributed by atoms with Crippen LogP contribution in [-0.4, -0.2) is 74.9 Å². The zero-order chi connectivity index (χ0) is 52.0. The van der Waals surface area contributed by atoms with Crippen molar-refractivity contribution in [3.05, 3.63) is 85.1 Å². The molecule has 9 nitrogen and oxygen atoms in total. The highest BCUT2D eigenvalue weighted by Gasteiger charge is 2.27. The second-order valence-electron chi connectivity index (χ2n) is 20.3. The number of likely N-dealkylation sites (N-methyl/N-ethyl adjacent to an activating group) is 1. The molecule has 0 aliphatic rings. The zero-order valence-electron chi connectivity index (χ0n) is 46.4. The van der Waals surface area contributed by atoms with Crippen LogP contribution in [0, 0.1) is 0 Å². The van der Waals surface area contributed by atoms with E-state index in [0.29, 0.717) is 17.4 Å². The van der Waals surface area contributed by atoms with Crippen LogP contribution >= 0.6 is 7.82 Å². The number of nitrogens with zero attached hydrogens (tertiary/aromatic N) is 1. The third-order valence-electron chi connectivity index (χ3n) is 12.2. The highest BCUT2D eigenvalue weighted by atomic mass is 31.2. The molecule has 0 spiro atoms.